The number of hydrazone groups is 1. The lowest BCUT2D eigenvalue weighted by molar-refractivity contribution is -0.0577. The highest BCUT2D eigenvalue weighted by atomic mass is 19.4. The van der Waals surface area contributed by atoms with E-state index in [0.717, 1.165) is 6.08 Å². The monoisotopic (exact) mass is 257 g/mol. The molecular formula is C12H14F3N3. The first-order valence-corrected chi connectivity index (χ1v) is 5.29. The summed E-state index contributed by atoms with van der Waals surface area (Å²) in [6.07, 6.45) is -2.28. The normalized spacial score (nSPS) is 12.8. The van der Waals surface area contributed by atoms with Crippen molar-refractivity contribution >= 4 is 17.1 Å². The molecule has 0 unspecified atom stereocenters. The van der Waals surface area contributed by atoms with Gasteiger partial charge in [-0.15, -0.1) is 0 Å². The zero-order valence-electron chi connectivity index (χ0n) is 10.0. The molecule has 98 valence electrons. The Morgan fingerprint density at radius 2 is 1.83 bits per heavy atom. The number of nitrogens with one attached hydrogen (secondary N) is 2. The van der Waals surface area contributed by atoms with Crippen LogP contribution in [0.25, 0.3) is 0 Å². The van der Waals surface area contributed by atoms with Crippen molar-refractivity contribution in [3.8, 4) is 0 Å². The number of para-hydroxylation sites is 2. The van der Waals surface area contributed by atoms with E-state index in [1.54, 1.807) is 31.3 Å². The van der Waals surface area contributed by atoms with Crippen LogP contribution >= 0.6 is 0 Å². The predicted molar refractivity (Wildman–Crippen MR) is 67.9 cm³/mol. The van der Waals surface area contributed by atoms with Crippen LogP contribution in [-0.4, -0.2) is 18.9 Å². The largest absolute Gasteiger partial charge is 0.435 e. The van der Waals surface area contributed by atoms with Crippen molar-refractivity contribution in [2.45, 2.75) is 13.1 Å². The number of hydrogen-bond acceptors (Lipinski definition) is 3. The molecule has 2 N–H and O–H groups in total. The molecule has 0 aliphatic heterocycles. The van der Waals surface area contributed by atoms with Gasteiger partial charge in [0.2, 0.25) is 0 Å². The molecule has 1 aromatic carbocycles. The third kappa shape index (κ3) is 3.80. The molecule has 0 spiro atoms. The molecule has 0 atom stereocenters. The van der Waals surface area contributed by atoms with E-state index in [-0.39, 0.29) is 0 Å². The molecule has 6 heteroatoms. The predicted octanol–water partition coefficient (Wildman–Crippen LogP) is 3.63. The minimum Gasteiger partial charge on any atom is -0.386 e. The van der Waals surface area contributed by atoms with Crippen molar-refractivity contribution in [1.29, 1.82) is 0 Å². The number of anilines is 2. The maximum Gasteiger partial charge on any atom is 0.435 e. The number of hydrogen-bond donors (Lipinski definition) is 2. The van der Waals surface area contributed by atoms with Gasteiger partial charge in [-0.1, -0.05) is 18.2 Å². The number of halogens is 3. The van der Waals surface area contributed by atoms with Gasteiger partial charge in [0.15, 0.2) is 5.71 Å². The third-order valence-electron chi connectivity index (χ3n) is 2.11. The Labute approximate surface area is 103 Å². The molecule has 0 radical (unpaired) electrons. The number of benzene rings is 1. The molecule has 0 bridgehead atoms. The maximum atomic E-state index is 12.6. The van der Waals surface area contributed by atoms with Crippen LogP contribution < -0.4 is 10.7 Å². The fraction of sp³-hybridized carbons (Fsp3) is 0.250. The zero-order chi connectivity index (χ0) is 13.6. The second-order valence-corrected chi connectivity index (χ2v) is 3.40. The highest BCUT2D eigenvalue weighted by molar-refractivity contribution is 5.99. The van der Waals surface area contributed by atoms with Gasteiger partial charge in [0, 0.05) is 7.05 Å². The lowest BCUT2D eigenvalue weighted by Gasteiger charge is -2.10. The van der Waals surface area contributed by atoms with Crippen LogP contribution in [0.1, 0.15) is 6.92 Å². The standard InChI is InChI=1S/C12H14F3N3/c1-3-6-11(12(13,14)15)18-17-10-8-5-4-7-9(10)16-2/h3-8,16-17H,1-2H3/b6-3-,18-11+. The van der Waals surface area contributed by atoms with E-state index in [1.807, 2.05) is 0 Å². The molecule has 0 aromatic heterocycles. The Balaban J connectivity index is 2.95. The van der Waals surface area contributed by atoms with Crippen LogP contribution in [0.5, 0.6) is 0 Å². The molecule has 3 nitrogen and oxygen atoms in total. The Morgan fingerprint density at radius 1 is 1.22 bits per heavy atom. The molecule has 1 rings (SSSR count). The summed E-state index contributed by atoms with van der Waals surface area (Å²) in [6.45, 7) is 1.50. The minimum atomic E-state index is -4.48. The summed E-state index contributed by atoms with van der Waals surface area (Å²) in [5, 5.41) is 6.24. The van der Waals surface area contributed by atoms with Crippen molar-refractivity contribution in [1.82, 2.24) is 0 Å². The fourth-order valence-electron chi connectivity index (χ4n) is 1.27. The number of allylic oxidation sites excluding steroid dienone is 2. The zero-order valence-corrected chi connectivity index (χ0v) is 10.0. The molecule has 0 fully saturated rings. The van der Waals surface area contributed by atoms with Crippen molar-refractivity contribution in [2.75, 3.05) is 17.8 Å². The van der Waals surface area contributed by atoms with Gasteiger partial charge in [-0.3, -0.25) is 5.43 Å². The Hall–Kier alpha value is -1.98. The average Bonchev–Trinajstić information content (AvgIpc) is 2.33. The van der Waals surface area contributed by atoms with Gasteiger partial charge in [0.1, 0.15) is 0 Å². The molecule has 0 heterocycles. The fourth-order valence-corrected chi connectivity index (χ4v) is 1.27. The van der Waals surface area contributed by atoms with Crippen molar-refractivity contribution in [2.24, 2.45) is 5.10 Å². The topological polar surface area (TPSA) is 36.4 Å². The second kappa shape index (κ2) is 6.09. The molecule has 1 aromatic rings. The van der Waals surface area contributed by atoms with E-state index in [2.05, 4.69) is 15.8 Å². The van der Waals surface area contributed by atoms with Crippen molar-refractivity contribution in [3.63, 3.8) is 0 Å². The first-order chi connectivity index (χ1) is 8.49. The van der Waals surface area contributed by atoms with E-state index in [9.17, 15) is 13.2 Å². The van der Waals surface area contributed by atoms with Crippen LogP contribution in [0.15, 0.2) is 41.5 Å². The second-order valence-electron chi connectivity index (χ2n) is 3.40. The van der Waals surface area contributed by atoms with Gasteiger partial charge >= 0.3 is 6.18 Å². The lowest BCUT2D eigenvalue weighted by Crippen LogP contribution is -2.22. The van der Waals surface area contributed by atoms with E-state index in [1.165, 1.54) is 13.0 Å². The van der Waals surface area contributed by atoms with Crippen LogP contribution in [0.3, 0.4) is 0 Å². The Kier molecular flexibility index (Phi) is 4.76. The van der Waals surface area contributed by atoms with Crippen LogP contribution in [0.2, 0.25) is 0 Å². The summed E-state index contributed by atoms with van der Waals surface area (Å²) in [6, 6.07) is 6.86. The van der Waals surface area contributed by atoms with E-state index < -0.39 is 11.9 Å². The molecule has 0 saturated heterocycles. The highest BCUT2D eigenvalue weighted by Gasteiger charge is 2.34. The average molecular weight is 257 g/mol. The molecule has 0 aliphatic carbocycles. The summed E-state index contributed by atoms with van der Waals surface area (Å²) < 4.78 is 37.7. The summed E-state index contributed by atoms with van der Waals surface area (Å²) in [5.74, 6) is 0. The summed E-state index contributed by atoms with van der Waals surface area (Å²) >= 11 is 0. The first-order valence-electron chi connectivity index (χ1n) is 5.29. The summed E-state index contributed by atoms with van der Waals surface area (Å²) in [7, 11) is 1.68. The maximum absolute atomic E-state index is 12.6. The highest BCUT2D eigenvalue weighted by Crippen LogP contribution is 2.22. The van der Waals surface area contributed by atoms with Gasteiger partial charge in [0.25, 0.3) is 0 Å². The van der Waals surface area contributed by atoms with Gasteiger partial charge in [-0.2, -0.15) is 18.3 Å². The van der Waals surface area contributed by atoms with Gasteiger partial charge in [-0.05, 0) is 25.1 Å². The lowest BCUT2D eigenvalue weighted by atomic mass is 10.3. The van der Waals surface area contributed by atoms with E-state index in [4.69, 9.17) is 0 Å². The van der Waals surface area contributed by atoms with Crippen LogP contribution in [-0.2, 0) is 0 Å². The quantitative estimate of drug-likeness (QED) is 0.638. The molecule has 0 saturated carbocycles. The number of alkyl halides is 3. The molecular weight excluding hydrogens is 243 g/mol. The van der Waals surface area contributed by atoms with Crippen LogP contribution in [0, 0.1) is 0 Å². The number of rotatable bonds is 4. The van der Waals surface area contributed by atoms with E-state index in [0.29, 0.717) is 11.4 Å². The molecule has 0 aliphatic rings. The van der Waals surface area contributed by atoms with Gasteiger partial charge in [-0.25, -0.2) is 0 Å². The molecule has 0 amide bonds. The summed E-state index contributed by atoms with van der Waals surface area (Å²) in [4.78, 5) is 0. The Bertz CT molecular complexity index is 450. The smallest absolute Gasteiger partial charge is 0.386 e. The molecule has 18 heavy (non-hydrogen) atoms. The SMILES string of the molecule is C/C=C\C(=N/Nc1ccccc1NC)C(F)(F)F. The van der Waals surface area contributed by atoms with Crippen molar-refractivity contribution in [3.05, 3.63) is 36.4 Å². The third-order valence-corrected chi connectivity index (χ3v) is 2.11. The number of nitrogens with zero attached hydrogens (tertiary/aromatic N) is 1. The van der Waals surface area contributed by atoms with Gasteiger partial charge in [0.05, 0.1) is 11.4 Å². The summed E-state index contributed by atoms with van der Waals surface area (Å²) in [5.41, 5.74) is 2.58. The van der Waals surface area contributed by atoms with Crippen LogP contribution in [0.4, 0.5) is 24.5 Å². The Morgan fingerprint density at radius 3 is 2.33 bits per heavy atom. The van der Waals surface area contributed by atoms with Crippen molar-refractivity contribution < 1.29 is 13.2 Å². The minimum absolute atomic E-state index is 0.478. The van der Waals surface area contributed by atoms with Gasteiger partial charge < -0.3 is 5.32 Å². The van der Waals surface area contributed by atoms with E-state index >= 15 is 0 Å². The first kappa shape index (κ1) is 14.1.